The van der Waals surface area contributed by atoms with Crippen molar-refractivity contribution in [2.24, 2.45) is 5.92 Å². The molecule has 5 heteroatoms. The van der Waals surface area contributed by atoms with Crippen molar-refractivity contribution in [3.63, 3.8) is 0 Å². The number of nitrogens with one attached hydrogen (secondary N) is 2. The third kappa shape index (κ3) is 6.78. The maximum absolute atomic E-state index is 11.7. The second-order valence-electron chi connectivity index (χ2n) is 4.86. The van der Waals surface area contributed by atoms with Crippen LogP contribution in [0.5, 0.6) is 0 Å². The van der Waals surface area contributed by atoms with E-state index in [2.05, 4.69) is 17.6 Å². The van der Waals surface area contributed by atoms with E-state index in [9.17, 15) is 4.79 Å². The monoisotopic (exact) mass is 298 g/mol. The third-order valence-corrected chi connectivity index (χ3v) is 3.36. The Bertz CT molecular complexity index is 407. The van der Waals surface area contributed by atoms with Gasteiger partial charge in [-0.2, -0.15) is 0 Å². The van der Waals surface area contributed by atoms with Gasteiger partial charge in [0.15, 0.2) is 0 Å². The van der Waals surface area contributed by atoms with Gasteiger partial charge in [0.1, 0.15) is 0 Å². The second kappa shape index (κ2) is 9.61. The minimum Gasteiger partial charge on any atom is -0.396 e. The van der Waals surface area contributed by atoms with Crippen LogP contribution >= 0.6 is 11.6 Å². The van der Waals surface area contributed by atoms with Crippen molar-refractivity contribution in [3.8, 4) is 0 Å². The average Bonchev–Trinajstić information content (AvgIpc) is 2.43. The molecule has 1 rings (SSSR count). The van der Waals surface area contributed by atoms with Gasteiger partial charge in [-0.25, -0.2) is 4.79 Å². The number of urea groups is 1. The lowest BCUT2D eigenvalue weighted by Gasteiger charge is -2.16. The molecule has 0 saturated carbocycles. The van der Waals surface area contributed by atoms with Crippen LogP contribution in [-0.2, 0) is 6.54 Å². The first-order chi connectivity index (χ1) is 9.65. The maximum Gasteiger partial charge on any atom is 0.315 e. The predicted molar refractivity (Wildman–Crippen MR) is 81.8 cm³/mol. The van der Waals surface area contributed by atoms with Crippen molar-refractivity contribution in [1.29, 1.82) is 0 Å². The quantitative estimate of drug-likeness (QED) is 0.691. The molecule has 0 bridgehead atoms. The fourth-order valence-corrected chi connectivity index (χ4v) is 2.28. The number of carbonyl (C=O) groups is 1. The molecule has 0 radical (unpaired) electrons. The summed E-state index contributed by atoms with van der Waals surface area (Å²) in [6, 6.07) is 7.21. The maximum atomic E-state index is 11.7. The Labute approximate surface area is 125 Å². The van der Waals surface area contributed by atoms with Gasteiger partial charge in [-0.15, -0.1) is 0 Å². The molecule has 1 unspecified atom stereocenters. The van der Waals surface area contributed by atoms with E-state index in [1.54, 1.807) is 6.07 Å². The highest BCUT2D eigenvalue weighted by molar-refractivity contribution is 6.30. The van der Waals surface area contributed by atoms with Crippen LogP contribution in [-0.4, -0.2) is 24.3 Å². The summed E-state index contributed by atoms with van der Waals surface area (Å²) in [6.45, 7) is 3.31. The highest BCUT2D eigenvalue weighted by atomic mass is 35.5. The van der Waals surface area contributed by atoms with Gasteiger partial charge < -0.3 is 15.7 Å². The Morgan fingerprint density at radius 3 is 2.80 bits per heavy atom. The fourth-order valence-electron chi connectivity index (χ4n) is 2.07. The summed E-state index contributed by atoms with van der Waals surface area (Å²) in [4.78, 5) is 11.7. The van der Waals surface area contributed by atoms with E-state index in [1.807, 2.05) is 18.2 Å². The van der Waals surface area contributed by atoms with E-state index in [4.69, 9.17) is 16.7 Å². The second-order valence-corrected chi connectivity index (χ2v) is 5.30. The Hall–Kier alpha value is -1.26. The third-order valence-electron chi connectivity index (χ3n) is 3.13. The van der Waals surface area contributed by atoms with Crippen LogP contribution in [0.1, 0.15) is 31.7 Å². The lowest BCUT2D eigenvalue weighted by molar-refractivity contribution is 0.229. The first-order valence-electron chi connectivity index (χ1n) is 7.02. The first kappa shape index (κ1) is 16.8. The highest BCUT2D eigenvalue weighted by Gasteiger charge is 2.09. The fraction of sp³-hybridized carbons (Fsp3) is 0.533. The van der Waals surface area contributed by atoms with Gasteiger partial charge in [0.25, 0.3) is 0 Å². The van der Waals surface area contributed by atoms with Crippen LogP contribution in [0.2, 0.25) is 5.02 Å². The number of hydrogen-bond acceptors (Lipinski definition) is 2. The zero-order valence-electron chi connectivity index (χ0n) is 11.9. The van der Waals surface area contributed by atoms with E-state index < -0.39 is 0 Å². The van der Waals surface area contributed by atoms with E-state index in [-0.39, 0.29) is 12.6 Å². The van der Waals surface area contributed by atoms with Gasteiger partial charge in [-0.05, 0) is 36.5 Å². The summed E-state index contributed by atoms with van der Waals surface area (Å²) >= 11 is 5.88. The molecule has 1 aromatic carbocycles. The van der Waals surface area contributed by atoms with Gasteiger partial charge in [0, 0.05) is 24.7 Å². The van der Waals surface area contributed by atoms with Crippen LogP contribution in [0.25, 0.3) is 0 Å². The number of carbonyl (C=O) groups excluding carboxylic acids is 1. The average molecular weight is 299 g/mol. The van der Waals surface area contributed by atoms with Crippen LogP contribution in [0.3, 0.4) is 0 Å². The Morgan fingerprint density at radius 2 is 2.15 bits per heavy atom. The van der Waals surface area contributed by atoms with E-state index in [1.165, 1.54) is 0 Å². The van der Waals surface area contributed by atoms with Gasteiger partial charge in [-0.1, -0.05) is 37.1 Å². The van der Waals surface area contributed by atoms with Gasteiger partial charge in [0.2, 0.25) is 0 Å². The van der Waals surface area contributed by atoms with Gasteiger partial charge in [-0.3, -0.25) is 0 Å². The number of benzene rings is 1. The van der Waals surface area contributed by atoms with Crippen molar-refractivity contribution in [2.45, 2.75) is 32.7 Å². The molecule has 0 aliphatic heterocycles. The minimum atomic E-state index is -0.191. The summed E-state index contributed by atoms with van der Waals surface area (Å²) in [5.74, 6) is 0.335. The lowest BCUT2D eigenvalue weighted by Crippen LogP contribution is -2.38. The van der Waals surface area contributed by atoms with E-state index in [0.717, 1.165) is 24.8 Å². The number of hydrogen-bond donors (Lipinski definition) is 3. The molecule has 0 spiro atoms. The minimum absolute atomic E-state index is 0.163. The molecule has 1 aromatic rings. The summed E-state index contributed by atoms with van der Waals surface area (Å²) in [5.41, 5.74) is 0.966. The summed E-state index contributed by atoms with van der Waals surface area (Å²) < 4.78 is 0. The molecule has 0 aliphatic carbocycles. The first-order valence-corrected chi connectivity index (χ1v) is 7.40. The molecule has 112 valence electrons. The summed E-state index contributed by atoms with van der Waals surface area (Å²) in [7, 11) is 0. The van der Waals surface area contributed by atoms with Crippen LogP contribution in [0.15, 0.2) is 24.3 Å². The SMILES string of the molecule is CCCC(CCO)CNC(=O)NCc1cccc(Cl)c1. The highest BCUT2D eigenvalue weighted by Crippen LogP contribution is 2.10. The van der Waals surface area contributed by atoms with Gasteiger partial charge >= 0.3 is 6.03 Å². The van der Waals surface area contributed by atoms with Crippen molar-refractivity contribution in [3.05, 3.63) is 34.9 Å². The Kier molecular flexibility index (Phi) is 8.07. The van der Waals surface area contributed by atoms with Crippen molar-refractivity contribution in [1.82, 2.24) is 10.6 Å². The molecular formula is C15H23ClN2O2. The number of rotatable bonds is 8. The van der Waals surface area contributed by atoms with Gasteiger partial charge in [0.05, 0.1) is 0 Å². The molecule has 0 aliphatic rings. The normalized spacial score (nSPS) is 11.9. The molecule has 2 amide bonds. The van der Waals surface area contributed by atoms with Crippen LogP contribution < -0.4 is 10.6 Å². The molecule has 3 N–H and O–H groups in total. The molecular weight excluding hydrogens is 276 g/mol. The molecule has 0 heterocycles. The zero-order valence-corrected chi connectivity index (χ0v) is 12.6. The lowest BCUT2D eigenvalue weighted by atomic mass is 10.0. The summed E-state index contributed by atoms with van der Waals surface area (Å²) in [6.07, 6.45) is 2.79. The zero-order chi connectivity index (χ0) is 14.8. The molecule has 1 atom stereocenters. The van der Waals surface area contributed by atoms with Crippen LogP contribution in [0, 0.1) is 5.92 Å². The molecule has 0 aromatic heterocycles. The number of aliphatic hydroxyl groups excluding tert-OH is 1. The summed E-state index contributed by atoms with van der Waals surface area (Å²) in [5, 5.41) is 15.3. The van der Waals surface area contributed by atoms with Crippen molar-refractivity contribution >= 4 is 17.6 Å². The van der Waals surface area contributed by atoms with E-state index in [0.29, 0.717) is 24.0 Å². The van der Waals surface area contributed by atoms with Crippen LogP contribution in [0.4, 0.5) is 4.79 Å². The van der Waals surface area contributed by atoms with Crippen molar-refractivity contribution in [2.75, 3.05) is 13.2 Å². The van der Waals surface area contributed by atoms with Crippen molar-refractivity contribution < 1.29 is 9.90 Å². The molecule has 20 heavy (non-hydrogen) atoms. The Morgan fingerprint density at radius 1 is 1.35 bits per heavy atom. The largest absolute Gasteiger partial charge is 0.396 e. The molecule has 0 saturated heterocycles. The number of amides is 2. The Balaban J connectivity index is 2.29. The number of halogens is 1. The molecule has 4 nitrogen and oxygen atoms in total. The standard InChI is InChI=1S/C15H23ClN2O2/c1-2-4-12(7-8-19)10-17-15(20)18-11-13-5-3-6-14(16)9-13/h3,5-6,9,12,19H,2,4,7-8,10-11H2,1H3,(H2,17,18,20). The number of aliphatic hydroxyl groups is 1. The predicted octanol–water partition coefficient (Wildman–Crippen LogP) is 2.94. The topological polar surface area (TPSA) is 61.4 Å². The van der Waals surface area contributed by atoms with E-state index >= 15 is 0 Å². The smallest absolute Gasteiger partial charge is 0.315 e. The molecule has 0 fully saturated rings.